The summed E-state index contributed by atoms with van der Waals surface area (Å²) < 4.78 is 0. The molecule has 1 aliphatic rings. The molecule has 1 fully saturated rings. The molecule has 0 atom stereocenters. The Bertz CT molecular complexity index is 870. The highest BCUT2D eigenvalue weighted by Gasteiger charge is 2.20. The Hall–Kier alpha value is -3.17. The lowest BCUT2D eigenvalue weighted by Gasteiger charge is -2.13. The fourth-order valence-corrected chi connectivity index (χ4v) is 2.69. The van der Waals surface area contributed by atoms with Gasteiger partial charge in [-0.2, -0.15) is 0 Å². The van der Waals surface area contributed by atoms with Gasteiger partial charge in [-0.15, -0.1) is 0 Å². The molecule has 0 saturated carbocycles. The Morgan fingerprint density at radius 1 is 1.11 bits per heavy atom. The molecule has 1 heterocycles. The number of hydrogen-bond donors (Lipinski definition) is 3. The molecule has 1 aliphatic heterocycles. The van der Waals surface area contributed by atoms with Crippen LogP contribution in [-0.2, 0) is 6.54 Å². The van der Waals surface area contributed by atoms with Gasteiger partial charge in [0, 0.05) is 35.9 Å². The lowest BCUT2D eigenvalue weighted by molar-refractivity contribution is 0.241. The van der Waals surface area contributed by atoms with Crippen LogP contribution >= 0.6 is 11.6 Å². The van der Waals surface area contributed by atoms with E-state index in [-0.39, 0.29) is 18.6 Å². The van der Waals surface area contributed by atoms with Gasteiger partial charge in [0.2, 0.25) is 0 Å². The van der Waals surface area contributed by atoms with Crippen LogP contribution in [0.2, 0.25) is 5.02 Å². The summed E-state index contributed by atoms with van der Waals surface area (Å²) in [4.78, 5) is 25.1. The molecule has 0 unspecified atom stereocenters. The Labute approximate surface area is 162 Å². The van der Waals surface area contributed by atoms with Crippen molar-refractivity contribution in [2.75, 3.05) is 24.5 Å². The van der Waals surface area contributed by atoms with E-state index >= 15 is 0 Å². The van der Waals surface area contributed by atoms with Crippen LogP contribution in [0.1, 0.15) is 11.1 Å². The van der Waals surface area contributed by atoms with Crippen LogP contribution in [0.25, 0.3) is 0 Å². The topological polar surface area (TPSA) is 73.5 Å². The number of benzene rings is 2. The van der Waals surface area contributed by atoms with Crippen LogP contribution in [0, 0.1) is 11.8 Å². The zero-order chi connectivity index (χ0) is 19.1. The van der Waals surface area contributed by atoms with Crippen LogP contribution in [0.5, 0.6) is 0 Å². The van der Waals surface area contributed by atoms with Gasteiger partial charge in [0.25, 0.3) is 0 Å². The minimum Gasteiger partial charge on any atom is -0.336 e. The van der Waals surface area contributed by atoms with Crippen molar-refractivity contribution in [2.24, 2.45) is 0 Å². The number of nitrogens with zero attached hydrogens (tertiary/aromatic N) is 1. The largest absolute Gasteiger partial charge is 0.336 e. The van der Waals surface area contributed by atoms with Crippen molar-refractivity contribution in [3.8, 4) is 11.8 Å². The number of urea groups is 2. The Morgan fingerprint density at radius 2 is 1.85 bits per heavy atom. The summed E-state index contributed by atoms with van der Waals surface area (Å²) in [5, 5.41) is 8.87. The molecule has 4 amide bonds. The van der Waals surface area contributed by atoms with Crippen molar-refractivity contribution in [3.05, 3.63) is 64.7 Å². The van der Waals surface area contributed by atoms with Crippen molar-refractivity contribution in [1.82, 2.24) is 16.0 Å². The number of carbonyl (C=O) groups is 2. The Morgan fingerprint density at radius 3 is 2.52 bits per heavy atom. The van der Waals surface area contributed by atoms with Crippen molar-refractivity contribution >= 4 is 29.4 Å². The smallest absolute Gasteiger partial charge is 0.321 e. The zero-order valence-electron chi connectivity index (χ0n) is 14.6. The lowest BCUT2D eigenvalue weighted by Crippen LogP contribution is -2.35. The van der Waals surface area contributed by atoms with E-state index in [4.69, 9.17) is 11.6 Å². The summed E-state index contributed by atoms with van der Waals surface area (Å²) in [7, 11) is 0. The molecule has 2 aromatic carbocycles. The Balaban J connectivity index is 1.42. The highest BCUT2D eigenvalue weighted by Crippen LogP contribution is 2.16. The second-order valence-electron chi connectivity index (χ2n) is 5.89. The third-order valence-electron chi connectivity index (χ3n) is 3.97. The average Bonchev–Trinajstić information content (AvgIpc) is 3.11. The molecule has 6 nitrogen and oxygen atoms in total. The van der Waals surface area contributed by atoms with Gasteiger partial charge in [-0.05, 0) is 42.0 Å². The third-order valence-corrected chi connectivity index (χ3v) is 4.22. The SMILES string of the molecule is O=C(NCC#Cc1ccc(N2CCNC2=O)cc1)NCc1ccc(Cl)cc1. The standard InChI is InChI=1S/C20H19ClN4O2/c21-17-7-3-16(4-8-17)14-24-19(26)22-11-1-2-15-5-9-18(10-6-15)25-13-12-23-20(25)27/h3-10H,11-14H2,(H,23,27)(H2,22,24,26). The summed E-state index contributed by atoms with van der Waals surface area (Å²) in [6.45, 7) is 1.98. The summed E-state index contributed by atoms with van der Waals surface area (Å²) in [5.41, 5.74) is 2.63. The summed E-state index contributed by atoms with van der Waals surface area (Å²) in [5.74, 6) is 5.89. The van der Waals surface area contributed by atoms with E-state index in [0.717, 1.165) is 16.8 Å². The normalized spacial score (nSPS) is 12.8. The number of rotatable bonds is 4. The van der Waals surface area contributed by atoms with Crippen molar-refractivity contribution < 1.29 is 9.59 Å². The molecule has 0 aromatic heterocycles. The van der Waals surface area contributed by atoms with E-state index < -0.39 is 0 Å². The first-order valence-electron chi connectivity index (χ1n) is 8.52. The van der Waals surface area contributed by atoms with E-state index in [1.54, 1.807) is 17.0 Å². The van der Waals surface area contributed by atoms with Crippen LogP contribution in [-0.4, -0.2) is 31.7 Å². The first-order valence-corrected chi connectivity index (χ1v) is 8.90. The van der Waals surface area contributed by atoms with Crippen molar-refractivity contribution in [3.63, 3.8) is 0 Å². The average molecular weight is 383 g/mol. The first kappa shape index (κ1) is 18.6. The van der Waals surface area contributed by atoms with E-state index in [0.29, 0.717) is 24.7 Å². The number of amides is 4. The third kappa shape index (κ3) is 5.40. The quantitative estimate of drug-likeness (QED) is 0.711. The molecule has 27 heavy (non-hydrogen) atoms. The molecule has 0 aliphatic carbocycles. The van der Waals surface area contributed by atoms with Gasteiger partial charge in [-0.3, -0.25) is 4.90 Å². The van der Waals surface area contributed by atoms with Crippen LogP contribution in [0.15, 0.2) is 48.5 Å². The molecule has 138 valence electrons. The number of anilines is 1. The summed E-state index contributed by atoms with van der Waals surface area (Å²) >= 11 is 5.82. The second-order valence-corrected chi connectivity index (χ2v) is 6.33. The number of halogens is 1. The minimum absolute atomic E-state index is 0.0809. The number of carbonyl (C=O) groups excluding carboxylic acids is 2. The molecule has 0 bridgehead atoms. The highest BCUT2D eigenvalue weighted by molar-refractivity contribution is 6.30. The van der Waals surface area contributed by atoms with Crippen LogP contribution < -0.4 is 20.9 Å². The highest BCUT2D eigenvalue weighted by atomic mass is 35.5. The van der Waals surface area contributed by atoms with Crippen molar-refractivity contribution in [1.29, 1.82) is 0 Å². The van der Waals surface area contributed by atoms with Crippen LogP contribution in [0.3, 0.4) is 0 Å². The molecule has 7 heteroatoms. The summed E-state index contributed by atoms with van der Waals surface area (Å²) in [6.07, 6.45) is 0. The molecular formula is C20H19ClN4O2. The Kier molecular flexibility index (Phi) is 6.18. The van der Waals surface area contributed by atoms with Crippen LogP contribution in [0.4, 0.5) is 15.3 Å². The second kappa shape index (κ2) is 8.97. The van der Waals surface area contributed by atoms with E-state index in [1.165, 1.54) is 0 Å². The molecule has 1 saturated heterocycles. The maximum Gasteiger partial charge on any atom is 0.321 e. The van der Waals surface area contributed by atoms with Gasteiger partial charge in [0.05, 0.1) is 6.54 Å². The van der Waals surface area contributed by atoms with Gasteiger partial charge in [0.1, 0.15) is 0 Å². The summed E-state index contributed by atoms with van der Waals surface area (Å²) in [6, 6.07) is 14.4. The predicted octanol–water partition coefficient (Wildman–Crippen LogP) is 2.72. The fourth-order valence-electron chi connectivity index (χ4n) is 2.56. The lowest BCUT2D eigenvalue weighted by atomic mass is 10.2. The zero-order valence-corrected chi connectivity index (χ0v) is 15.3. The molecule has 3 N–H and O–H groups in total. The van der Waals surface area contributed by atoms with E-state index in [9.17, 15) is 9.59 Å². The van der Waals surface area contributed by atoms with Gasteiger partial charge in [0.15, 0.2) is 0 Å². The van der Waals surface area contributed by atoms with Gasteiger partial charge in [-0.25, -0.2) is 9.59 Å². The monoisotopic (exact) mass is 382 g/mol. The molecule has 0 radical (unpaired) electrons. The van der Waals surface area contributed by atoms with E-state index in [2.05, 4.69) is 27.8 Å². The fraction of sp³-hybridized carbons (Fsp3) is 0.200. The first-order chi connectivity index (χ1) is 13.1. The van der Waals surface area contributed by atoms with Crippen molar-refractivity contribution in [2.45, 2.75) is 6.54 Å². The molecule has 0 spiro atoms. The molecular weight excluding hydrogens is 364 g/mol. The molecule has 3 rings (SSSR count). The number of nitrogens with one attached hydrogen (secondary N) is 3. The minimum atomic E-state index is -0.283. The van der Waals surface area contributed by atoms with E-state index in [1.807, 2.05) is 36.4 Å². The van der Waals surface area contributed by atoms with Gasteiger partial charge >= 0.3 is 12.1 Å². The number of hydrogen-bond acceptors (Lipinski definition) is 2. The van der Waals surface area contributed by atoms with Gasteiger partial charge in [-0.1, -0.05) is 35.6 Å². The maximum absolute atomic E-state index is 11.8. The maximum atomic E-state index is 11.8. The van der Waals surface area contributed by atoms with Gasteiger partial charge < -0.3 is 16.0 Å². The predicted molar refractivity (Wildman–Crippen MR) is 106 cm³/mol. The molecule has 2 aromatic rings.